The minimum Gasteiger partial charge on any atom is -0.347 e. The Morgan fingerprint density at radius 3 is 2.06 bits per heavy atom. The minimum absolute atomic E-state index is 0.836. The maximum atomic E-state index is 4.91. The minimum atomic E-state index is 0.836. The highest BCUT2D eigenvalue weighted by atomic mass is 15.1. The van der Waals surface area contributed by atoms with Gasteiger partial charge in [0.15, 0.2) is 0 Å². The lowest BCUT2D eigenvalue weighted by Crippen LogP contribution is -2.24. The summed E-state index contributed by atoms with van der Waals surface area (Å²) in [5, 5.41) is 0. The molecule has 1 heterocycles. The van der Waals surface area contributed by atoms with Gasteiger partial charge in [0.25, 0.3) is 0 Å². The molecular weight excluding hydrogens is 390 g/mol. The Labute approximate surface area is 192 Å². The Morgan fingerprint density at radius 1 is 0.688 bits per heavy atom. The average molecular weight is 424 g/mol. The molecule has 0 bridgehead atoms. The summed E-state index contributed by atoms with van der Waals surface area (Å²) in [6.07, 6.45) is 7.13. The summed E-state index contributed by atoms with van der Waals surface area (Å²) in [6.45, 7) is 5.15. The summed E-state index contributed by atoms with van der Waals surface area (Å²) in [6, 6.07) is 29.9. The number of H-pyrrole nitrogens is 1. The molecule has 164 valence electrons. The fourth-order valence-corrected chi connectivity index (χ4v) is 4.08. The van der Waals surface area contributed by atoms with Crippen LogP contribution in [0, 0.1) is 0 Å². The molecule has 0 aliphatic carbocycles. The number of benzene rings is 3. The topological polar surface area (TPSA) is 31.9 Å². The van der Waals surface area contributed by atoms with E-state index in [1.807, 2.05) is 12.3 Å². The molecule has 0 saturated heterocycles. The molecule has 4 aromatic rings. The third-order valence-electron chi connectivity index (χ3n) is 5.87. The fraction of sp³-hybridized carbons (Fsp3) is 0.276. The predicted octanol–water partition coefficient (Wildman–Crippen LogP) is 7.33. The zero-order valence-electron chi connectivity index (χ0n) is 19.0. The zero-order chi connectivity index (χ0) is 22.0. The molecule has 3 nitrogen and oxygen atoms in total. The van der Waals surface area contributed by atoms with Gasteiger partial charge in [-0.15, -0.1) is 0 Å². The Morgan fingerprint density at radius 2 is 1.34 bits per heavy atom. The van der Waals surface area contributed by atoms with E-state index in [0.29, 0.717) is 0 Å². The molecule has 0 spiro atoms. The lowest BCUT2D eigenvalue weighted by atomic mass is 10.0. The van der Waals surface area contributed by atoms with Crippen molar-refractivity contribution in [1.82, 2.24) is 14.9 Å². The summed E-state index contributed by atoms with van der Waals surface area (Å²) in [5.41, 5.74) is 5.97. The van der Waals surface area contributed by atoms with Gasteiger partial charge in [-0.25, -0.2) is 4.98 Å². The number of imidazole rings is 1. The Kier molecular flexibility index (Phi) is 7.89. The van der Waals surface area contributed by atoms with Crippen LogP contribution < -0.4 is 0 Å². The van der Waals surface area contributed by atoms with Crippen molar-refractivity contribution in [2.45, 2.75) is 45.7 Å². The molecule has 0 unspecified atom stereocenters. The maximum absolute atomic E-state index is 4.91. The Bertz CT molecular complexity index is 1050. The molecule has 4 rings (SSSR count). The van der Waals surface area contributed by atoms with Gasteiger partial charge < -0.3 is 4.98 Å². The second-order valence-corrected chi connectivity index (χ2v) is 8.43. The normalized spacial score (nSPS) is 11.2. The average Bonchev–Trinajstić information content (AvgIpc) is 3.31. The van der Waals surface area contributed by atoms with E-state index in [1.165, 1.54) is 42.4 Å². The standard InChI is InChI=1S/C29H33N3/c1-2-3-4-11-20-32(22-24-12-7-5-8-13-24)23-29-30-21-28(31-29)27-18-16-26(17-19-27)25-14-9-6-10-15-25/h5-10,12-19,21H,2-4,11,20,22-23H2,1H3,(H,30,31). The first kappa shape index (κ1) is 22.0. The van der Waals surface area contributed by atoms with Crippen LogP contribution in [-0.4, -0.2) is 21.4 Å². The van der Waals surface area contributed by atoms with Crippen LogP contribution in [-0.2, 0) is 13.1 Å². The van der Waals surface area contributed by atoms with E-state index < -0.39 is 0 Å². The zero-order valence-corrected chi connectivity index (χ0v) is 19.0. The Hall–Kier alpha value is -3.17. The van der Waals surface area contributed by atoms with Gasteiger partial charge in [-0.2, -0.15) is 0 Å². The Balaban J connectivity index is 1.43. The number of aromatic nitrogens is 2. The van der Waals surface area contributed by atoms with Crippen LogP contribution in [0.25, 0.3) is 22.4 Å². The monoisotopic (exact) mass is 423 g/mol. The van der Waals surface area contributed by atoms with E-state index >= 15 is 0 Å². The number of nitrogens with zero attached hydrogens (tertiary/aromatic N) is 2. The second-order valence-electron chi connectivity index (χ2n) is 8.43. The first-order chi connectivity index (χ1) is 15.8. The summed E-state index contributed by atoms with van der Waals surface area (Å²) >= 11 is 0. The van der Waals surface area contributed by atoms with E-state index in [1.54, 1.807) is 0 Å². The van der Waals surface area contributed by atoms with E-state index in [9.17, 15) is 0 Å². The van der Waals surface area contributed by atoms with Gasteiger partial charge in [0, 0.05) is 18.3 Å². The van der Waals surface area contributed by atoms with E-state index in [2.05, 4.69) is 95.7 Å². The summed E-state index contributed by atoms with van der Waals surface area (Å²) < 4.78 is 0. The molecule has 1 N–H and O–H groups in total. The van der Waals surface area contributed by atoms with Crippen molar-refractivity contribution in [2.75, 3.05) is 6.54 Å². The molecule has 0 fully saturated rings. The van der Waals surface area contributed by atoms with Gasteiger partial charge in [-0.05, 0) is 29.7 Å². The summed E-state index contributed by atoms with van der Waals surface area (Å²) in [5.74, 6) is 1.03. The number of nitrogens with one attached hydrogen (secondary N) is 1. The molecule has 3 aromatic carbocycles. The highest BCUT2D eigenvalue weighted by Gasteiger charge is 2.11. The van der Waals surface area contributed by atoms with Crippen molar-refractivity contribution in [3.63, 3.8) is 0 Å². The molecule has 0 aliphatic heterocycles. The molecule has 0 atom stereocenters. The number of unbranched alkanes of at least 4 members (excludes halogenated alkanes) is 3. The lowest BCUT2D eigenvalue weighted by Gasteiger charge is -2.21. The number of rotatable bonds is 11. The highest BCUT2D eigenvalue weighted by Crippen LogP contribution is 2.24. The largest absolute Gasteiger partial charge is 0.347 e. The van der Waals surface area contributed by atoms with E-state index in [0.717, 1.165) is 36.7 Å². The number of hydrogen-bond donors (Lipinski definition) is 1. The van der Waals surface area contributed by atoms with Crippen molar-refractivity contribution in [3.8, 4) is 22.4 Å². The second kappa shape index (κ2) is 11.4. The van der Waals surface area contributed by atoms with E-state index in [-0.39, 0.29) is 0 Å². The van der Waals surface area contributed by atoms with Crippen LogP contribution in [0.5, 0.6) is 0 Å². The molecule has 0 aliphatic rings. The molecule has 0 radical (unpaired) electrons. The van der Waals surface area contributed by atoms with Gasteiger partial charge in [-0.1, -0.05) is 111 Å². The molecule has 1 aromatic heterocycles. The van der Waals surface area contributed by atoms with Crippen molar-refractivity contribution in [1.29, 1.82) is 0 Å². The molecule has 0 amide bonds. The summed E-state index contributed by atoms with van der Waals surface area (Å²) in [7, 11) is 0. The van der Waals surface area contributed by atoms with Gasteiger partial charge in [-0.3, -0.25) is 4.90 Å². The van der Waals surface area contributed by atoms with Crippen molar-refractivity contribution < 1.29 is 0 Å². The van der Waals surface area contributed by atoms with E-state index in [4.69, 9.17) is 4.98 Å². The van der Waals surface area contributed by atoms with Crippen molar-refractivity contribution in [2.24, 2.45) is 0 Å². The van der Waals surface area contributed by atoms with Crippen LogP contribution in [0.4, 0.5) is 0 Å². The third kappa shape index (κ3) is 6.18. The lowest BCUT2D eigenvalue weighted by molar-refractivity contribution is 0.245. The fourth-order valence-electron chi connectivity index (χ4n) is 4.08. The number of aromatic amines is 1. The van der Waals surface area contributed by atoms with Crippen LogP contribution in [0.2, 0.25) is 0 Å². The van der Waals surface area contributed by atoms with Crippen LogP contribution in [0.1, 0.15) is 44.0 Å². The number of hydrogen-bond acceptors (Lipinski definition) is 2. The first-order valence-corrected chi connectivity index (χ1v) is 11.8. The molecular formula is C29H33N3. The molecule has 32 heavy (non-hydrogen) atoms. The van der Waals surface area contributed by atoms with Gasteiger partial charge in [0.1, 0.15) is 5.82 Å². The maximum Gasteiger partial charge on any atom is 0.121 e. The van der Waals surface area contributed by atoms with Gasteiger partial charge >= 0.3 is 0 Å². The summed E-state index contributed by atoms with van der Waals surface area (Å²) in [4.78, 5) is 10.8. The first-order valence-electron chi connectivity index (χ1n) is 11.8. The highest BCUT2D eigenvalue weighted by molar-refractivity contribution is 5.68. The molecule has 0 saturated carbocycles. The SMILES string of the molecule is CCCCCCN(Cc1ccccc1)Cc1nc(-c2ccc(-c3ccccc3)cc2)c[nH]1. The van der Waals surface area contributed by atoms with Crippen molar-refractivity contribution in [3.05, 3.63) is 103 Å². The van der Waals surface area contributed by atoms with Crippen LogP contribution >= 0.6 is 0 Å². The quantitative estimate of drug-likeness (QED) is 0.256. The van der Waals surface area contributed by atoms with Crippen LogP contribution in [0.15, 0.2) is 91.1 Å². The predicted molar refractivity (Wildman–Crippen MR) is 134 cm³/mol. The van der Waals surface area contributed by atoms with Gasteiger partial charge in [0.05, 0.1) is 12.2 Å². The van der Waals surface area contributed by atoms with Crippen LogP contribution in [0.3, 0.4) is 0 Å². The van der Waals surface area contributed by atoms with Gasteiger partial charge in [0.2, 0.25) is 0 Å². The van der Waals surface area contributed by atoms with Crippen molar-refractivity contribution >= 4 is 0 Å². The molecule has 3 heteroatoms. The smallest absolute Gasteiger partial charge is 0.121 e. The third-order valence-corrected chi connectivity index (χ3v) is 5.87.